The lowest BCUT2D eigenvalue weighted by Crippen LogP contribution is -2.26. The summed E-state index contributed by atoms with van der Waals surface area (Å²) in [6.07, 6.45) is -4.11. The van der Waals surface area contributed by atoms with E-state index in [1.165, 1.54) is 24.3 Å². The monoisotopic (exact) mass is 336 g/mol. The smallest absolute Gasteiger partial charge is 0.273 e. The predicted octanol–water partition coefficient (Wildman–Crippen LogP) is 4.13. The second-order valence-corrected chi connectivity index (χ2v) is 5.36. The third-order valence-corrected chi connectivity index (χ3v) is 3.72. The molecule has 2 aromatic carbocycles. The van der Waals surface area contributed by atoms with Crippen molar-refractivity contribution in [3.63, 3.8) is 0 Å². The fraction of sp³-hybridized carbons (Fsp3) is 0.176. The topological polar surface area (TPSA) is 41.5 Å². The number of nitrogens with one attached hydrogen (secondary N) is 1. The normalized spacial score (nSPS) is 15.0. The number of hydrogen-bond donors (Lipinski definition) is 1. The number of carbonyl (C=O) groups is 1. The Morgan fingerprint density at radius 1 is 0.958 bits per heavy atom. The van der Waals surface area contributed by atoms with Crippen molar-refractivity contribution in [2.24, 2.45) is 5.10 Å². The van der Waals surface area contributed by atoms with Crippen LogP contribution in [0.3, 0.4) is 0 Å². The van der Waals surface area contributed by atoms with E-state index in [2.05, 4.69) is 10.5 Å². The van der Waals surface area contributed by atoms with Crippen LogP contribution in [0.4, 0.5) is 17.6 Å². The van der Waals surface area contributed by atoms with Gasteiger partial charge in [-0.2, -0.15) is 18.3 Å². The van der Waals surface area contributed by atoms with E-state index in [-0.39, 0.29) is 29.9 Å². The van der Waals surface area contributed by atoms with E-state index in [0.29, 0.717) is 11.3 Å². The quantitative estimate of drug-likeness (QED) is 0.824. The number of rotatable bonds is 2. The third-order valence-electron chi connectivity index (χ3n) is 3.72. The summed E-state index contributed by atoms with van der Waals surface area (Å²) < 4.78 is 53.3. The predicted molar refractivity (Wildman–Crippen MR) is 80.8 cm³/mol. The molecule has 1 aliphatic heterocycles. The zero-order chi connectivity index (χ0) is 17.3. The van der Waals surface area contributed by atoms with Crippen LogP contribution in [0.1, 0.15) is 24.0 Å². The molecule has 124 valence electrons. The molecule has 1 aliphatic rings. The minimum Gasteiger partial charge on any atom is -0.273 e. The Kier molecular flexibility index (Phi) is 4.09. The first-order chi connectivity index (χ1) is 11.3. The average Bonchev–Trinajstić information content (AvgIpc) is 2.55. The molecule has 0 spiro atoms. The largest absolute Gasteiger partial charge is 0.417 e. The third kappa shape index (κ3) is 3.29. The van der Waals surface area contributed by atoms with E-state index in [9.17, 15) is 22.4 Å². The molecule has 24 heavy (non-hydrogen) atoms. The second kappa shape index (κ2) is 6.07. The molecule has 0 radical (unpaired) electrons. The zero-order valence-electron chi connectivity index (χ0n) is 12.3. The molecule has 0 fully saturated rings. The van der Waals surface area contributed by atoms with Gasteiger partial charge in [-0.05, 0) is 34.9 Å². The van der Waals surface area contributed by atoms with Crippen molar-refractivity contribution < 1.29 is 22.4 Å². The number of hydrogen-bond acceptors (Lipinski definition) is 2. The van der Waals surface area contributed by atoms with Gasteiger partial charge < -0.3 is 0 Å². The highest BCUT2D eigenvalue weighted by atomic mass is 19.4. The van der Waals surface area contributed by atoms with E-state index in [4.69, 9.17) is 0 Å². The van der Waals surface area contributed by atoms with Crippen molar-refractivity contribution in [2.75, 3.05) is 0 Å². The van der Waals surface area contributed by atoms with Gasteiger partial charge in [0.1, 0.15) is 5.82 Å². The summed E-state index contributed by atoms with van der Waals surface area (Å²) in [5.74, 6) is -0.783. The minimum atomic E-state index is -4.57. The molecule has 0 unspecified atom stereocenters. The van der Waals surface area contributed by atoms with Gasteiger partial charge in [-0.3, -0.25) is 4.79 Å². The van der Waals surface area contributed by atoms with Gasteiger partial charge in [-0.15, -0.1) is 0 Å². The molecule has 7 heteroatoms. The van der Waals surface area contributed by atoms with Crippen molar-refractivity contribution in [3.05, 3.63) is 59.4 Å². The van der Waals surface area contributed by atoms with Gasteiger partial charge in [0, 0.05) is 12.8 Å². The molecule has 1 N–H and O–H groups in total. The van der Waals surface area contributed by atoms with E-state index < -0.39 is 17.6 Å². The molecular formula is C17H12F4N2O. The van der Waals surface area contributed by atoms with E-state index >= 15 is 0 Å². The average molecular weight is 336 g/mol. The molecule has 0 bridgehead atoms. The first-order valence-electron chi connectivity index (χ1n) is 7.17. The van der Waals surface area contributed by atoms with E-state index in [1.54, 1.807) is 0 Å². The number of hydrazone groups is 1. The van der Waals surface area contributed by atoms with Crippen LogP contribution < -0.4 is 5.43 Å². The molecule has 2 aromatic rings. The molecule has 1 amide bonds. The Morgan fingerprint density at radius 2 is 1.62 bits per heavy atom. The maximum absolute atomic E-state index is 13.4. The summed E-state index contributed by atoms with van der Waals surface area (Å²) in [5.41, 5.74) is 2.37. The Bertz CT molecular complexity index is 810. The van der Waals surface area contributed by atoms with Gasteiger partial charge in [-0.1, -0.05) is 24.3 Å². The summed E-state index contributed by atoms with van der Waals surface area (Å²) >= 11 is 0. The maximum atomic E-state index is 13.4. The maximum Gasteiger partial charge on any atom is 0.417 e. The van der Waals surface area contributed by atoms with E-state index in [0.717, 1.165) is 18.2 Å². The lowest BCUT2D eigenvalue weighted by molar-refractivity contribution is -0.137. The van der Waals surface area contributed by atoms with Crippen LogP contribution in [0.15, 0.2) is 47.6 Å². The highest BCUT2D eigenvalue weighted by Crippen LogP contribution is 2.38. The highest BCUT2D eigenvalue weighted by molar-refractivity contribution is 6.04. The summed E-state index contributed by atoms with van der Waals surface area (Å²) in [4.78, 5) is 11.1. The van der Waals surface area contributed by atoms with Gasteiger partial charge in [0.05, 0.1) is 11.3 Å². The Hall–Kier alpha value is -2.70. The SMILES string of the molecule is O=C1CCC(c2ccc(-c3ccc(F)cc3)c(C(F)(F)F)c2)=NN1. The molecule has 0 aromatic heterocycles. The molecule has 0 saturated carbocycles. The van der Waals surface area contributed by atoms with Crippen LogP contribution >= 0.6 is 0 Å². The highest BCUT2D eigenvalue weighted by Gasteiger charge is 2.34. The number of alkyl halides is 3. The van der Waals surface area contributed by atoms with Crippen LogP contribution in [-0.4, -0.2) is 11.6 Å². The Morgan fingerprint density at radius 3 is 2.21 bits per heavy atom. The van der Waals surface area contributed by atoms with Crippen molar-refractivity contribution in [1.82, 2.24) is 5.43 Å². The van der Waals surface area contributed by atoms with Crippen molar-refractivity contribution in [3.8, 4) is 11.1 Å². The number of amides is 1. The Labute approximate surface area is 135 Å². The van der Waals surface area contributed by atoms with Gasteiger partial charge in [0.25, 0.3) is 0 Å². The number of carbonyl (C=O) groups excluding carboxylic acids is 1. The standard InChI is InChI=1S/C17H12F4N2O/c18-12-4-1-10(2-5-12)13-6-3-11(9-14(13)17(19,20)21)15-7-8-16(24)23-22-15/h1-6,9H,7-8H2,(H,23,24). The molecule has 0 saturated heterocycles. The van der Waals surface area contributed by atoms with Crippen LogP contribution in [0.2, 0.25) is 0 Å². The lowest BCUT2D eigenvalue weighted by Gasteiger charge is -2.17. The number of halogens is 4. The Balaban J connectivity index is 2.08. The van der Waals surface area contributed by atoms with Crippen LogP contribution in [-0.2, 0) is 11.0 Å². The van der Waals surface area contributed by atoms with Crippen LogP contribution in [0.25, 0.3) is 11.1 Å². The fourth-order valence-electron chi connectivity index (χ4n) is 2.52. The minimum absolute atomic E-state index is 0.0355. The zero-order valence-corrected chi connectivity index (χ0v) is 12.3. The summed E-state index contributed by atoms with van der Waals surface area (Å²) in [6, 6.07) is 8.70. The second-order valence-electron chi connectivity index (χ2n) is 5.36. The van der Waals surface area contributed by atoms with Crippen LogP contribution in [0, 0.1) is 5.82 Å². The first kappa shape index (κ1) is 16.2. The van der Waals surface area contributed by atoms with Crippen molar-refractivity contribution in [2.45, 2.75) is 19.0 Å². The molecular weight excluding hydrogens is 324 g/mol. The molecule has 1 heterocycles. The first-order valence-corrected chi connectivity index (χ1v) is 7.17. The van der Waals surface area contributed by atoms with Gasteiger partial charge in [-0.25, -0.2) is 9.82 Å². The summed E-state index contributed by atoms with van der Waals surface area (Å²) in [6.45, 7) is 0. The molecule has 0 atom stereocenters. The van der Waals surface area contributed by atoms with Gasteiger partial charge >= 0.3 is 6.18 Å². The van der Waals surface area contributed by atoms with Gasteiger partial charge in [0.15, 0.2) is 0 Å². The summed E-state index contributed by atoms with van der Waals surface area (Å²) in [7, 11) is 0. The van der Waals surface area contributed by atoms with Gasteiger partial charge in [0.2, 0.25) is 5.91 Å². The molecule has 0 aliphatic carbocycles. The molecule has 3 rings (SSSR count). The fourth-order valence-corrected chi connectivity index (χ4v) is 2.52. The number of nitrogens with zero attached hydrogens (tertiary/aromatic N) is 1. The van der Waals surface area contributed by atoms with Crippen LogP contribution in [0.5, 0.6) is 0 Å². The number of benzene rings is 2. The van der Waals surface area contributed by atoms with Crippen molar-refractivity contribution >= 4 is 11.6 Å². The van der Waals surface area contributed by atoms with E-state index in [1.807, 2.05) is 0 Å². The molecule has 3 nitrogen and oxygen atoms in total. The van der Waals surface area contributed by atoms with Crippen molar-refractivity contribution in [1.29, 1.82) is 0 Å². The summed E-state index contributed by atoms with van der Waals surface area (Å²) in [5, 5.41) is 3.82. The lowest BCUT2D eigenvalue weighted by atomic mass is 9.94.